The van der Waals surface area contributed by atoms with E-state index in [0.29, 0.717) is 5.88 Å². The molecule has 0 aliphatic heterocycles. The number of benzene rings is 1. The van der Waals surface area contributed by atoms with Crippen molar-refractivity contribution in [1.82, 2.24) is 15.4 Å². The molecule has 2 aromatic heterocycles. The molecule has 0 spiro atoms. The number of nitrogen functional groups attached to an aromatic ring is 1. The summed E-state index contributed by atoms with van der Waals surface area (Å²) < 4.78 is 4.84. The average Bonchev–Trinajstić information content (AvgIpc) is 2.85. The molecule has 0 fully saturated rings. The lowest BCUT2D eigenvalue weighted by Crippen LogP contribution is -1.85. The molecule has 0 unspecified atom stereocenters. The number of nitrogens with one attached hydrogen (secondary N) is 1. The van der Waals surface area contributed by atoms with Crippen LogP contribution in [0.15, 0.2) is 35.1 Å². The highest BCUT2D eigenvalue weighted by Crippen LogP contribution is 2.30. The van der Waals surface area contributed by atoms with E-state index in [9.17, 15) is 0 Å². The number of aromatic amines is 1. The van der Waals surface area contributed by atoms with Crippen molar-refractivity contribution in [2.75, 3.05) is 5.73 Å². The van der Waals surface area contributed by atoms with Gasteiger partial charge in [0, 0.05) is 10.9 Å². The smallest absolute Gasteiger partial charge is 0.230 e. The Kier molecular flexibility index (Phi) is 1.53. The van der Waals surface area contributed by atoms with Crippen LogP contribution in [-0.2, 0) is 0 Å². The molecule has 5 heteroatoms. The van der Waals surface area contributed by atoms with E-state index in [1.54, 1.807) is 12.4 Å². The summed E-state index contributed by atoms with van der Waals surface area (Å²) in [4.78, 5) is 0. The predicted molar refractivity (Wildman–Crippen MR) is 56.0 cm³/mol. The van der Waals surface area contributed by atoms with Gasteiger partial charge < -0.3 is 10.3 Å². The molecule has 0 saturated heterocycles. The van der Waals surface area contributed by atoms with Crippen molar-refractivity contribution in [2.24, 2.45) is 0 Å². The highest BCUT2D eigenvalue weighted by atomic mass is 16.5. The molecule has 0 aliphatic rings. The third-order valence-electron chi connectivity index (χ3n) is 2.37. The van der Waals surface area contributed by atoms with Crippen LogP contribution in [0.5, 0.6) is 0 Å². The topological polar surface area (TPSA) is 80.7 Å². The van der Waals surface area contributed by atoms with Gasteiger partial charge in [0.2, 0.25) is 5.88 Å². The molecule has 15 heavy (non-hydrogen) atoms. The summed E-state index contributed by atoms with van der Waals surface area (Å²) in [5.74, 6) is 0.317. The predicted octanol–water partition coefficient (Wildman–Crippen LogP) is 1.80. The van der Waals surface area contributed by atoms with Gasteiger partial charge in [-0.2, -0.15) is 5.10 Å². The first-order chi connectivity index (χ1) is 7.36. The van der Waals surface area contributed by atoms with Crippen molar-refractivity contribution in [3.8, 4) is 11.1 Å². The molecule has 0 amide bonds. The van der Waals surface area contributed by atoms with E-state index in [1.165, 1.54) is 0 Å². The van der Waals surface area contributed by atoms with Crippen LogP contribution in [0.25, 0.3) is 22.0 Å². The van der Waals surface area contributed by atoms with E-state index in [-0.39, 0.29) is 0 Å². The Hall–Kier alpha value is -2.30. The molecule has 5 nitrogen and oxygen atoms in total. The number of anilines is 1. The Morgan fingerprint density at radius 1 is 1.20 bits per heavy atom. The fraction of sp³-hybridized carbons (Fsp3) is 0. The van der Waals surface area contributed by atoms with Gasteiger partial charge in [-0.3, -0.25) is 5.10 Å². The maximum atomic E-state index is 5.67. The van der Waals surface area contributed by atoms with Crippen molar-refractivity contribution >= 4 is 16.8 Å². The van der Waals surface area contributed by atoms with Gasteiger partial charge in [0.05, 0.1) is 23.5 Å². The van der Waals surface area contributed by atoms with Gasteiger partial charge in [0.15, 0.2) is 0 Å². The van der Waals surface area contributed by atoms with Crippen LogP contribution in [0.2, 0.25) is 0 Å². The Bertz CT molecular complexity index is 610. The second-order valence-corrected chi connectivity index (χ2v) is 3.24. The van der Waals surface area contributed by atoms with Gasteiger partial charge in [0.1, 0.15) is 0 Å². The summed E-state index contributed by atoms with van der Waals surface area (Å²) in [6, 6.07) is 5.87. The first-order valence-electron chi connectivity index (χ1n) is 4.49. The first-order valence-corrected chi connectivity index (χ1v) is 4.49. The van der Waals surface area contributed by atoms with Crippen molar-refractivity contribution in [3.63, 3.8) is 0 Å². The third kappa shape index (κ3) is 1.10. The fourth-order valence-electron chi connectivity index (χ4n) is 1.64. The molecule has 0 radical (unpaired) electrons. The quantitative estimate of drug-likeness (QED) is 0.627. The van der Waals surface area contributed by atoms with Crippen LogP contribution in [0, 0.1) is 0 Å². The second kappa shape index (κ2) is 2.84. The largest absolute Gasteiger partial charge is 0.367 e. The highest BCUT2D eigenvalue weighted by Gasteiger charge is 2.10. The minimum atomic E-state index is 0.317. The molecule has 0 aliphatic carbocycles. The van der Waals surface area contributed by atoms with Crippen LogP contribution >= 0.6 is 0 Å². The van der Waals surface area contributed by atoms with Crippen LogP contribution in [0.1, 0.15) is 0 Å². The van der Waals surface area contributed by atoms with Crippen LogP contribution < -0.4 is 5.73 Å². The van der Waals surface area contributed by atoms with E-state index in [2.05, 4.69) is 15.4 Å². The molecular formula is C10H8N4O. The summed E-state index contributed by atoms with van der Waals surface area (Å²) in [7, 11) is 0. The zero-order chi connectivity index (χ0) is 10.3. The molecule has 0 saturated carbocycles. The van der Waals surface area contributed by atoms with E-state index >= 15 is 0 Å². The molecule has 3 aromatic rings. The van der Waals surface area contributed by atoms with Gasteiger partial charge in [-0.25, -0.2) is 0 Å². The molecular weight excluding hydrogens is 192 g/mol. The van der Waals surface area contributed by atoms with Gasteiger partial charge in [-0.1, -0.05) is 23.4 Å². The monoisotopic (exact) mass is 200 g/mol. The SMILES string of the molecule is Nc1oncc1-c1cccc2cn[nH]c12. The van der Waals surface area contributed by atoms with Gasteiger partial charge in [-0.05, 0) is 0 Å². The van der Waals surface area contributed by atoms with Gasteiger partial charge in [-0.15, -0.1) is 0 Å². The maximum absolute atomic E-state index is 5.67. The van der Waals surface area contributed by atoms with Gasteiger partial charge >= 0.3 is 0 Å². The summed E-state index contributed by atoms with van der Waals surface area (Å²) in [5, 5.41) is 11.6. The highest BCUT2D eigenvalue weighted by molar-refractivity contribution is 5.95. The minimum absolute atomic E-state index is 0.317. The van der Waals surface area contributed by atoms with E-state index < -0.39 is 0 Å². The molecule has 3 N–H and O–H groups in total. The summed E-state index contributed by atoms with van der Waals surface area (Å²) in [6.07, 6.45) is 3.37. The number of hydrogen-bond acceptors (Lipinski definition) is 4. The van der Waals surface area contributed by atoms with E-state index in [4.69, 9.17) is 10.3 Å². The van der Waals surface area contributed by atoms with Crippen LogP contribution in [-0.4, -0.2) is 15.4 Å². The summed E-state index contributed by atoms with van der Waals surface area (Å²) in [5.41, 5.74) is 8.34. The normalized spacial score (nSPS) is 10.9. The average molecular weight is 200 g/mol. The Labute approximate surface area is 84.9 Å². The van der Waals surface area contributed by atoms with Crippen LogP contribution in [0.4, 0.5) is 5.88 Å². The number of aromatic nitrogens is 3. The van der Waals surface area contributed by atoms with Gasteiger partial charge in [0.25, 0.3) is 0 Å². The fourth-order valence-corrected chi connectivity index (χ4v) is 1.64. The van der Waals surface area contributed by atoms with Crippen LogP contribution in [0.3, 0.4) is 0 Å². The number of para-hydroxylation sites is 1. The number of H-pyrrole nitrogens is 1. The van der Waals surface area contributed by atoms with E-state index in [1.807, 2.05) is 18.2 Å². The van der Waals surface area contributed by atoms with Crippen molar-refractivity contribution in [1.29, 1.82) is 0 Å². The zero-order valence-electron chi connectivity index (χ0n) is 7.77. The molecule has 74 valence electrons. The zero-order valence-corrected chi connectivity index (χ0v) is 7.77. The molecule has 1 aromatic carbocycles. The third-order valence-corrected chi connectivity index (χ3v) is 2.37. The van der Waals surface area contributed by atoms with Crippen molar-refractivity contribution in [2.45, 2.75) is 0 Å². The number of fused-ring (bicyclic) bond motifs is 1. The Balaban J connectivity index is 2.36. The Morgan fingerprint density at radius 3 is 2.93 bits per heavy atom. The molecule has 3 rings (SSSR count). The minimum Gasteiger partial charge on any atom is -0.367 e. The lowest BCUT2D eigenvalue weighted by Gasteiger charge is -1.98. The van der Waals surface area contributed by atoms with E-state index in [0.717, 1.165) is 22.0 Å². The number of rotatable bonds is 1. The molecule has 2 heterocycles. The second-order valence-electron chi connectivity index (χ2n) is 3.24. The molecule has 0 bridgehead atoms. The number of nitrogens with two attached hydrogens (primary N) is 1. The lowest BCUT2D eigenvalue weighted by atomic mass is 10.1. The first kappa shape index (κ1) is 8.05. The molecule has 0 atom stereocenters. The number of nitrogens with zero attached hydrogens (tertiary/aromatic N) is 2. The van der Waals surface area contributed by atoms with Crippen molar-refractivity contribution in [3.05, 3.63) is 30.6 Å². The number of hydrogen-bond donors (Lipinski definition) is 2. The standard InChI is InChI=1S/C10H8N4O/c11-10-8(5-13-15-10)7-3-1-2-6-4-12-14-9(6)7/h1-5H,11H2,(H,12,14). The maximum Gasteiger partial charge on any atom is 0.230 e. The summed E-state index contributed by atoms with van der Waals surface area (Å²) in [6.45, 7) is 0. The Morgan fingerprint density at radius 2 is 2.13 bits per heavy atom. The lowest BCUT2D eigenvalue weighted by molar-refractivity contribution is 0.436. The van der Waals surface area contributed by atoms with Crippen molar-refractivity contribution < 1.29 is 4.52 Å². The summed E-state index contributed by atoms with van der Waals surface area (Å²) >= 11 is 0.